The first kappa shape index (κ1) is 57.3. The second-order valence-electron chi connectivity index (χ2n) is 24.6. The number of aryl methyl sites for hydroxylation is 2. The second kappa shape index (κ2) is 22.6. The van der Waals surface area contributed by atoms with Gasteiger partial charge in [0.15, 0.2) is 45.2 Å². The number of phenolic OH excluding ortho intramolecular Hbond substituents is 8. The smallest absolute Gasteiger partial charge is 0.340 e. The Bertz CT molecular complexity index is 3340. The minimum absolute atomic E-state index is 0.0594. The van der Waals surface area contributed by atoms with E-state index < -0.39 is 22.5 Å². The van der Waals surface area contributed by atoms with Crippen molar-refractivity contribution < 1.29 is 69.5 Å². The first-order valence-electron chi connectivity index (χ1n) is 28.8. The lowest BCUT2D eigenvalue weighted by Gasteiger charge is -2.71. The molecular formula is C66H69N3O14S. The maximum atomic E-state index is 14.1. The van der Waals surface area contributed by atoms with E-state index in [-0.39, 0.29) is 97.8 Å². The highest BCUT2D eigenvalue weighted by molar-refractivity contribution is 7.80. The number of thiocarbonyl (C=S) groups is 1. The quantitative estimate of drug-likeness (QED) is 0.0171. The number of amides is 1. The van der Waals surface area contributed by atoms with E-state index >= 15 is 0 Å². The van der Waals surface area contributed by atoms with Gasteiger partial charge in [0.25, 0.3) is 0 Å². The van der Waals surface area contributed by atoms with Crippen molar-refractivity contribution >= 4 is 46.5 Å². The fraction of sp³-hybridized carbons (Fsp3) is 0.379. The van der Waals surface area contributed by atoms with Gasteiger partial charge in [-0.15, -0.1) is 0 Å². The van der Waals surface area contributed by atoms with Crippen molar-refractivity contribution in [2.24, 2.45) is 16.2 Å². The van der Waals surface area contributed by atoms with Crippen LogP contribution < -0.4 is 20.7 Å². The van der Waals surface area contributed by atoms with Crippen molar-refractivity contribution in [3.63, 3.8) is 0 Å². The van der Waals surface area contributed by atoms with Gasteiger partial charge < -0.3 is 66.3 Å². The summed E-state index contributed by atoms with van der Waals surface area (Å²) in [7, 11) is 0. The van der Waals surface area contributed by atoms with E-state index in [0.717, 1.165) is 36.0 Å². The molecule has 438 valence electrons. The lowest BCUT2D eigenvalue weighted by Crippen LogP contribution is -2.69. The van der Waals surface area contributed by atoms with Crippen molar-refractivity contribution in [2.45, 2.75) is 133 Å². The van der Waals surface area contributed by atoms with Crippen molar-refractivity contribution in [3.05, 3.63) is 148 Å². The molecule has 1 spiro atoms. The number of ketones is 2. The number of anilines is 1. The summed E-state index contributed by atoms with van der Waals surface area (Å²) in [5, 5.41) is 91.2. The van der Waals surface area contributed by atoms with Gasteiger partial charge in [0.1, 0.15) is 34.6 Å². The lowest BCUT2D eigenvalue weighted by molar-refractivity contribution is -0.184. The van der Waals surface area contributed by atoms with Crippen molar-refractivity contribution in [1.82, 2.24) is 10.6 Å². The van der Waals surface area contributed by atoms with Crippen molar-refractivity contribution in [2.75, 3.05) is 11.9 Å². The number of esters is 1. The molecule has 0 aromatic heterocycles. The zero-order chi connectivity index (χ0) is 59.2. The normalized spacial score (nSPS) is 21.8. The van der Waals surface area contributed by atoms with Gasteiger partial charge in [-0.1, -0.05) is 24.3 Å². The molecule has 6 aromatic rings. The van der Waals surface area contributed by atoms with Crippen LogP contribution in [0.4, 0.5) is 5.69 Å². The van der Waals surface area contributed by atoms with Crippen LogP contribution >= 0.6 is 12.2 Å². The van der Waals surface area contributed by atoms with Gasteiger partial charge in [0.05, 0.1) is 5.56 Å². The van der Waals surface area contributed by atoms with E-state index in [0.29, 0.717) is 130 Å². The Hall–Kier alpha value is -8.51. The van der Waals surface area contributed by atoms with Crippen LogP contribution in [0, 0.1) is 16.2 Å². The molecule has 4 fully saturated rings. The van der Waals surface area contributed by atoms with E-state index in [4.69, 9.17) is 21.7 Å². The number of ether oxygens (including phenoxy) is 2. The summed E-state index contributed by atoms with van der Waals surface area (Å²) in [6, 6.07) is 28.4. The average molecular weight is 1160 g/mol. The number of fused-ring (bicyclic) bond motifs is 6. The third-order valence-electron chi connectivity index (χ3n) is 18.2. The summed E-state index contributed by atoms with van der Waals surface area (Å²) in [5.74, 6) is -1.44. The molecule has 17 nitrogen and oxygen atoms in total. The van der Waals surface area contributed by atoms with Crippen molar-refractivity contribution in [1.29, 1.82) is 0 Å². The zero-order valence-corrected chi connectivity index (χ0v) is 47.3. The van der Waals surface area contributed by atoms with Crippen LogP contribution in [0.5, 0.6) is 57.5 Å². The first-order valence-corrected chi connectivity index (χ1v) is 29.2. The van der Waals surface area contributed by atoms with Crippen LogP contribution in [0.25, 0.3) is 0 Å². The Morgan fingerprint density at radius 3 is 1.45 bits per heavy atom. The molecule has 11 N–H and O–H groups in total. The second-order valence-corrected chi connectivity index (χ2v) is 25.0. The summed E-state index contributed by atoms with van der Waals surface area (Å²) < 4.78 is 12.5. The SMILES string of the molecule is O=C(CCCc1ccc(O)c(O)c1)CCC12CC3(CCC(=O)CCCc4ccc(O)c(O)c4)CC(CCC(=O)NCCc4ccc(O)c(O)c4)(C1)CC(NC(=S)Nc1ccc4c(c1)C(=O)OC41c4ccc(O)cc4Oc4cc(O)ccc41)(C2)C3. The van der Waals surface area contributed by atoms with Crippen LogP contribution in [0.15, 0.2) is 109 Å². The van der Waals surface area contributed by atoms with Gasteiger partial charge in [-0.2, -0.15) is 0 Å². The summed E-state index contributed by atoms with van der Waals surface area (Å²) in [6.45, 7) is 0.312. The standard InChI is InChI=1S/C66H69N3O14S/c70-43(5-1-3-39-7-16-51(74)54(77)27-39)19-23-62-33-63(24-20-44(71)6-2-4-40-8-17-52(75)55(78)28-40)35-64(34-62,25-21-59(80)67-26-22-41-9-18-53(76)56(79)29-41)38-65(36-62,37-63)69-61(84)68-42-10-13-48-47(30-42)60(81)83-66(48)49-14-11-45(72)31-57(49)82-58-32-46(73)12-15-50(58)66/h7-18,27-32,72-79H,1-6,19-26,33-38H2,(H,67,80)(H2,68,69,84). The monoisotopic (exact) mass is 1160 g/mol. The number of Topliss-reactive ketones (excluding diaryl/α,β-unsaturated/α-hetero) is 2. The minimum atomic E-state index is -1.46. The van der Waals surface area contributed by atoms with E-state index in [9.17, 15) is 60.0 Å². The fourth-order valence-corrected chi connectivity index (χ4v) is 15.8. The molecule has 0 saturated heterocycles. The number of hydrogen-bond donors (Lipinski definition) is 11. The molecule has 6 aliphatic rings. The van der Waals surface area contributed by atoms with Crippen LogP contribution in [0.1, 0.15) is 146 Å². The number of rotatable bonds is 22. The Balaban J connectivity index is 0.863. The summed E-state index contributed by atoms with van der Waals surface area (Å²) in [6.07, 6.45) is 10.2. The number of carbonyl (C=O) groups excluding carboxylic acids is 4. The van der Waals surface area contributed by atoms with Crippen LogP contribution in [-0.2, 0) is 44.0 Å². The number of benzene rings is 6. The topological polar surface area (TPSA) is 285 Å². The maximum absolute atomic E-state index is 14.1. The van der Waals surface area contributed by atoms with Gasteiger partial charge in [-0.05, 0) is 208 Å². The van der Waals surface area contributed by atoms with Gasteiger partial charge in [-0.25, -0.2) is 4.79 Å². The Morgan fingerprint density at radius 2 is 0.964 bits per heavy atom. The highest BCUT2D eigenvalue weighted by Crippen LogP contribution is 2.74. The van der Waals surface area contributed by atoms with Gasteiger partial charge >= 0.3 is 5.97 Å². The fourth-order valence-electron chi connectivity index (χ4n) is 15.4. The molecule has 2 heterocycles. The van der Waals surface area contributed by atoms with Crippen LogP contribution in [-0.4, -0.2) is 81.5 Å². The molecule has 18 heteroatoms. The number of aromatic hydroxyl groups is 8. The average Bonchev–Trinajstić information content (AvgIpc) is 0.927. The molecule has 2 aliphatic heterocycles. The lowest BCUT2D eigenvalue weighted by atomic mass is 9.35. The van der Waals surface area contributed by atoms with Crippen LogP contribution in [0.2, 0.25) is 0 Å². The molecule has 2 atom stereocenters. The largest absolute Gasteiger partial charge is 0.508 e. The highest BCUT2D eigenvalue weighted by atomic mass is 32.1. The van der Waals surface area contributed by atoms with E-state index in [1.54, 1.807) is 42.5 Å². The molecule has 4 aliphatic carbocycles. The van der Waals surface area contributed by atoms with Gasteiger partial charge in [-0.3, -0.25) is 14.4 Å². The molecule has 4 bridgehead atoms. The van der Waals surface area contributed by atoms with E-state index in [2.05, 4.69) is 16.0 Å². The highest BCUT2D eigenvalue weighted by Gasteiger charge is 2.68. The van der Waals surface area contributed by atoms with E-state index in [1.165, 1.54) is 60.7 Å². The molecule has 4 saturated carbocycles. The third-order valence-corrected chi connectivity index (χ3v) is 18.5. The summed E-state index contributed by atoms with van der Waals surface area (Å²) in [5.41, 5.74) is 1.37. The zero-order valence-electron chi connectivity index (χ0n) is 46.5. The van der Waals surface area contributed by atoms with Gasteiger partial charge in [0, 0.05) is 78.7 Å². The van der Waals surface area contributed by atoms with Crippen molar-refractivity contribution in [3.8, 4) is 57.5 Å². The Morgan fingerprint density at radius 1 is 0.500 bits per heavy atom. The number of phenols is 8. The minimum Gasteiger partial charge on any atom is -0.508 e. The molecule has 0 radical (unpaired) electrons. The Kier molecular flexibility index (Phi) is 15.4. The maximum Gasteiger partial charge on any atom is 0.340 e. The molecule has 2 unspecified atom stereocenters. The first-order chi connectivity index (χ1) is 40.1. The van der Waals surface area contributed by atoms with Gasteiger partial charge in [0.2, 0.25) is 5.91 Å². The molecule has 12 rings (SSSR count). The summed E-state index contributed by atoms with van der Waals surface area (Å²) >= 11 is 6.25. The number of nitrogens with one attached hydrogen (secondary N) is 3. The molecule has 1 amide bonds. The molecule has 84 heavy (non-hydrogen) atoms. The Labute approximate surface area is 491 Å². The van der Waals surface area contributed by atoms with Crippen LogP contribution in [0.3, 0.4) is 0 Å². The number of hydrogen-bond acceptors (Lipinski definition) is 15. The molecular weight excluding hydrogens is 1090 g/mol. The predicted molar refractivity (Wildman–Crippen MR) is 315 cm³/mol. The predicted octanol–water partition coefficient (Wildman–Crippen LogP) is 11.1. The summed E-state index contributed by atoms with van der Waals surface area (Å²) in [4.78, 5) is 56.0. The third kappa shape index (κ3) is 11.7. The number of carbonyl (C=O) groups is 4. The van der Waals surface area contributed by atoms with E-state index in [1.807, 2.05) is 6.07 Å². The molecule has 6 aromatic carbocycles.